The van der Waals surface area contributed by atoms with Crippen molar-refractivity contribution in [2.24, 2.45) is 5.73 Å². The molecule has 78 valence electrons. The minimum Gasteiger partial charge on any atom is -0.325 e. The van der Waals surface area contributed by atoms with Gasteiger partial charge in [0.15, 0.2) is 5.82 Å². The first-order valence-electron chi connectivity index (χ1n) is 4.49. The zero-order valence-corrected chi connectivity index (χ0v) is 9.77. The molecule has 0 amide bonds. The van der Waals surface area contributed by atoms with Gasteiger partial charge in [-0.1, -0.05) is 11.6 Å². The van der Waals surface area contributed by atoms with Crippen molar-refractivity contribution in [2.45, 2.75) is 13.5 Å². The third-order valence-electron chi connectivity index (χ3n) is 1.91. The molecule has 0 bridgehead atoms. The van der Waals surface area contributed by atoms with Crippen LogP contribution in [0, 0.1) is 6.92 Å². The van der Waals surface area contributed by atoms with Crippen molar-refractivity contribution >= 4 is 22.9 Å². The Morgan fingerprint density at radius 2 is 2.20 bits per heavy atom. The highest BCUT2D eigenvalue weighted by Gasteiger charge is 2.06. The molecule has 2 N–H and O–H groups in total. The molecule has 2 aromatic heterocycles. The second kappa shape index (κ2) is 4.26. The van der Waals surface area contributed by atoms with Crippen LogP contribution in [-0.4, -0.2) is 9.97 Å². The lowest BCUT2D eigenvalue weighted by atomic mass is 10.3. The van der Waals surface area contributed by atoms with E-state index in [0.29, 0.717) is 12.4 Å². The summed E-state index contributed by atoms with van der Waals surface area (Å²) in [6.07, 6.45) is 0. The number of thiophene rings is 1. The van der Waals surface area contributed by atoms with E-state index in [1.54, 1.807) is 0 Å². The number of aryl methyl sites for hydroxylation is 1. The van der Waals surface area contributed by atoms with Crippen molar-refractivity contribution in [3.05, 3.63) is 33.9 Å². The van der Waals surface area contributed by atoms with Gasteiger partial charge in [0.1, 0.15) is 0 Å². The van der Waals surface area contributed by atoms with E-state index >= 15 is 0 Å². The SMILES string of the molecule is Cc1cc(CN)nc(-c2ccc(Cl)s2)n1. The van der Waals surface area contributed by atoms with Crippen molar-refractivity contribution in [1.82, 2.24) is 9.97 Å². The highest BCUT2D eigenvalue weighted by atomic mass is 35.5. The van der Waals surface area contributed by atoms with Gasteiger partial charge in [-0.2, -0.15) is 0 Å². The molecule has 15 heavy (non-hydrogen) atoms. The molecule has 0 fully saturated rings. The standard InChI is InChI=1S/C10H10ClN3S/c1-6-4-7(5-12)14-10(13-6)8-2-3-9(11)15-8/h2-4H,5,12H2,1H3. The molecule has 2 aromatic rings. The number of rotatable bonds is 2. The molecular formula is C10H10ClN3S. The Labute approximate surface area is 96.9 Å². The summed E-state index contributed by atoms with van der Waals surface area (Å²) in [5, 5.41) is 0. The monoisotopic (exact) mass is 239 g/mol. The first-order valence-corrected chi connectivity index (χ1v) is 5.69. The molecule has 0 radical (unpaired) electrons. The van der Waals surface area contributed by atoms with Crippen LogP contribution in [0.1, 0.15) is 11.4 Å². The average Bonchev–Trinajstić information content (AvgIpc) is 2.64. The number of hydrogen-bond acceptors (Lipinski definition) is 4. The molecule has 0 saturated carbocycles. The zero-order valence-electron chi connectivity index (χ0n) is 8.20. The van der Waals surface area contributed by atoms with Gasteiger partial charge in [-0.05, 0) is 25.1 Å². The van der Waals surface area contributed by atoms with Gasteiger partial charge in [0, 0.05) is 12.2 Å². The van der Waals surface area contributed by atoms with E-state index < -0.39 is 0 Å². The summed E-state index contributed by atoms with van der Waals surface area (Å²) in [4.78, 5) is 9.67. The van der Waals surface area contributed by atoms with Crippen LogP contribution < -0.4 is 5.73 Å². The molecule has 0 saturated heterocycles. The molecule has 0 aromatic carbocycles. The van der Waals surface area contributed by atoms with Gasteiger partial charge in [-0.25, -0.2) is 9.97 Å². The topological polar surface area (TPSA) is 51.8 Å². The van der Waals surface area contributed by atoms with Crippen molar-refractivity contribution in [3.63, 3.8) is 0 Å². The highest BCUT2D eigenvalue weighted by Crippen LogP contribution is 2.28. The van der Waals surface area contributed by atoms with Gasteiger partial charge >= 0.3 is 0 Å². The fourth-order valence-electron chi connectivity index (χ4n) is 1.28. The van der Waals surface area contributed by atoms with E-state index in [0.717, 1.165) is 20.6 Å². The summed E-state index contributed by atoms with van der Waals surface area (Å²) >= 11 is 7.33. The summed E-state index contributed by atoms with van der Waals surface area (Å²) in [6.45, 7) is 2.36. The molecule has 0 aliphatic heterocycles. The van der Waals surface area contributed by atoms with Crippen LogP contribution in [0.5, 0.6) is 0 Å². The van der Waals surface area contributed by atoms with Crippen LogP contribution in [0.4, 0.5) is 0 Å². The summed E-state index contributed by atoms with van der Waals surface area (Å²) in [6, 6.07) is 5.65. The van der Waals surface area contributed by atoms with Gasteiger partial charge in [0.2, 0.25) is 0 Å². The summed E-state index contributed by atoms with van der Waals surface area (Å²) < 4.78 is 0.740. The minimum atomic E-state index is 0.426. The Bertz CT molecular complexity index is 481. The van der Waals surface area contributed by atoms with Crippen LogP contribution in [0.15, 0.2) is 18.2 Å². The van der Waals surface area contributed by atoms with Crippen LogP contribution >= 0.6 is 22.9 Å². The molecule has 0 aliphatic carbocycles. The minimum absolute atomic E-state index is 0.426. The van der Waals surface area contributed by atoms with Crippen LogP contribution in [-0.2, 0) is 6.54 Å². The second-order valence-electron chi connectivity index (χ2n) is 3.13. The predicted molar refractivity (Wildman–Crippen MR) is 63.0 cm³/mol. The Kier molecular flexibility index (Phi) is 3.00. The maximum Gasteiger partial charge on any atom is 0.169 e. The van der Waals surface area contributed by atoms with Gasteiger partial charge in [0.25, 0.3) is 0 Å². The molecule has 0 spiro atoms. The number of aromatic nitrogens is 2. The Morgan fingerprint density at radius 1 is 1.40 bits per heavy atom. The van der Waals surface area contributed by atoms with Crippen molar-refractivity contribution in [3.8, 4) is 10.7 Å². The molecule has 2 heterocycles. The van der Waals surface area contributed by atoms with Gasteiger partial charge < -0.3 is 5.73 Å². The van der Waals surface area contributed by atoms with Gasteiger partial charge in [-0.3, -0.25) is 0 Å². The zero-order chi connectivity index (χ0) is 10.8. The molecule has 0 atom stereocenters. The molecule has 0 aliphatic rings. The predicted octanol–water partition coefficient (Wildman–Crippen LogP) is 2.63. The molecular weight excluding hydrogens is 230 g/mol. The van der Waals surface area contributed by atoms with E-state index in [-0.39, 0.29) is 0 Å². The van der Waals surface area contributed by atoms with Crippen molar-refractivity contribution < 1.29 is 0 Å². The normalized spacial score (nSPS) is 10.6. The van der Waals surface area contributed by atoms with E-state index in [9.17, 15) is 0 Å². The quantitative estimate of drug-likeness (QED) is 0.877. The first kappa shape index (κ1) is 10.5. The summed E-state index contributed by atoms with van der Waals surface area (Å²) in [5.41, 5.74) is 7.33. The summed E-state index contributed by atoms with van der Waals surface area (Å²) in [5.74, 6) is 0.701. The number of nitrogens with two attached hydrogens (primary N) is 1. The van der Waals surface area contributed by atoms with Crippen LogP contribution in [0.2, 0.25) is 4.34 Å². The first-order chi connectivity index (χ1) is 7.19. The third-order valence-corrected chi connectivity index (χ3v) is 3.14. The smallest absolute Gasteiger partial charge is 0.169 e. The van der Waals surface area contributed by atoms with E-state index in [1.807, 2.05) is 25.1 Å². The molecule has 0 unspecified atom stereocenters. The van der Waals surface area contributed by atoms with Crippen molar-refractivity contribution in [2.75, 3.05) is 0 Å². The maximum absolute atomic E-state index is 5.86. The largest absolute Gasteiger partial charge is 0.325 e. The fourth-order valence-corrected chi connectivity index (χ4v) is 2.26. The number of nitrogens with zero attached hydrogens (tertiary/aromatic N) is 2. The second-order valence-corrected chi connectivity index (χ2v) is 4.85. The van der Waals surface area contributed by atoms with Gasteiger partial charge in [0.05, 0.1) is 14.9 Å². The lowest BCUT2D eigenvalue weighted by Gasteiger charge is -2.01. The van der Waals surface area contributed by atoms with Crippen LogP contribution in [0.3, 0.4) is 0 Å². The number of hydrogen-bond donors (Lipinski definition) is 1. The lowest BCUT2D eigenvalue weighted by Crippen LogP contribution is -2.02. The highest BCUT2D eigenvalue weighted by molar-refractivity contribution is 7.19. The Morgan fingerprint density at radius 3 is 2.80 bits per heavy atom. The lowest BCUT2D eigenvalue weighted by molar-refractivity contribution is 0.955. The average molecular weight is 240 g/mol. The van der Waals surface area contributed by atoms with E-state index in [2.05, 4.69) is 9.97 Å². The third kappa shape index (κ3) is 2.34. The van der Waals surface area contributed by atoms with Crippen molar-refractivity contribution in [1.29, 1.82) is 0 Å². The maximum atomic E-state index is 5.86. The van der Waals surface area contributed by atoms with E-state index in [4.69, 9.17) is 17.3 Å². The number of halogens is 1. The Balaban J connectivity index is 2.48. The molecule has 3 nitrogen and oxygen atoms in total. The Hall–Kier alpha value is -0.970. The van der Waals surface area contributed by atoms with E-state index in [1.165, 1.54) is 11.3 Å². The molecule has 2 rings (SSSR count). The van der Waals surface area contributed by atoms with Gasteiger partial charge in [-0.15, -0.1) is 11.3 Å². The summed E-state index contributed by atoms with van der Waals surface area (Å²) in [7, 11) is 0. The molecule has 5 heteroatoms. The van der Waals surface area contributed by atoms with Crippen LogP contribution in [0.25, 0.3) is 10.7 Å². The fraction of sp³-hybridized carbons (Fsp3) is 0.200.